The van der Waals surface area contributed by atoms with Gasteiger partial charge in [-0.3, -0.25) is 4.79 Å². The number of nitrogens with one attached hydrogen (secondary N) is 1. The Kier molecular flexibility index (Phi) is 2.38. The quantitative estimate of drug-likeness (QED) is 0.822. The van der Waals surface area contributed by atoms with Gasteiger partial charge in [0.05, 0.1) is 10.9 Å². The Hall–Kier alpha value is -1.91. The lowest BCUT2D eigenvalue weighted by atomic mass is 9.89. The molecular formula is C11H13N3O2. The van der Waals surface area contributed by atoms with E-state index in [0.29, 0.717) is 17.9 Å². The summed E-state index contributed by atoms with van der Waals surface area (Å²) >= 11 is 0. The van der Waals surface area contributed by atoms with E-state index in [1.54, 1.807) is 20.0 Å². The van der Waals surface area contributed by atoms with Crippen molar-refractivity contribution in [2.75, 3.05) is 0 Å². The minimum atomic E-state index is -0.832. The Labute approximate surface area is 92.5 Å². The molecular weight excluding hydrogens is 206 g/mol. The third-order valence-corrected chi connectivity index (χ3v) is 2.49. The van der Waals surface area contributed by atoms with E-state index in [2.05, 4.69) is 15.0 Å². The predicted molar refractivity (Wildman–Crippen MR) is 59.0 cm³/mol. The summed E-state index contributed by atoms with van der Waals surface area (Å²) in [5, 5.41) is 9.02. The normalized spacial score (nSPS) is 11.9. The third-order valence-electron chi connectivity index (χ3n) is 2.49. The van der Waals surface area contributed by atoms with Gasteiger partial charge in [0, 0.05) is 12.6 Å². The van der Waals surface area contributed by atoms with Crippen molar-refractivity contribution in [1.82, 2.24) is 15.0 Å². The van der Waals surface area contributed by atoms with Crippen molar-refractivity contribution in [1.29, 1.82) is 0 Å². The second-order valence-corrected chi connectivity index (χ2v) is 4.42. The lowest BCUT2D eigenvalue weighted by molar-refractivity contribution is -0.146. The Bertz CT molecular complexity index is 498. The Morgan fingerprint density at radius 1 is 1.56 bits per heavy atom. The van der Waals surface area contributed by atoms with E-state index in [4.69, 9.17) is 5.11 Å². The van der Waals surface area contributed by atoms with Crippen molar-refractivity contribution in [2.45, 2.75) is 20.3 Å². The maximum absolute atomic E-state index is 11.0. The molecule has 0 saturated carbocycles. The zero-order chi connectivity index (χ0) is 11.8. The lowest BCUT2D eigenvalue weighted by Crippen LogP contribution is -2.26. The van der Waals surface area contributed by atoms with Crippen LogP contribution in [0.1, 0.15) is 19.7 Å². The monoisotopic (exact) mass is 219 g/mol. The fourth-order valence-electron chi connectivity index (χ4n) is 1.47. The number of hydrogen-bond acceptors (Lipinski definition) is 3. The Morgan fingerprint density at radius 3 is 2.94 bits per heavy atom. The highest BCUT2D eigenvalue weighted by molar-refractivity contribution is 5.74. The molecule has 84 valence electrons. The Balaban J connectivity index is 2.32. The standard InChI is InChI=1S/C11H13N3O2/c1-11(2,10(15)16)6-8-13-7-4-3-5-12-9(7)14-8/h3-5H,6H2,1-2H3,(H,15,16)(H,12,13,14). The van der Waals surface area contributed by atoms with Crippen molar-refractivity contribution < 1.29 is 9.90 Å². The third kappa shape index (κ3) is 1.88. The van der Waals surface area contributed by atoms with Crippen LogP contribution in [0.3, 0.4) is 0 Å². The number of imidazole rings is 1. The van der Waals surface area contributed by atoms with Gasteiger partial charge in [0.25, 0.3) is 0 Å². The lowest BCUT2D eigenvalue weighted by Gasteiger charge is -2.16. The number of aliphatic carboxylic acids is 1. The molecule has 5 heteroatoms. The number of hydrogen-bond donors (Lipinski definition) is 2. The number of carboxylic acids is 1. The van der Waals surface area contributed by atoms with Gasteiger partial charge in [-0.2, -0.15) is 0 Å². The van der Waals surface area contributed by atoms with E-state index in [1.807, 2.05) is 12.1 Å². The smallest absolute Gasteiger partial charge is 0.309 e. The fourth-order valence-corrected chi connectivity index (χ4v) is 1.47. The first-order valence-electron chi connectivity index (χ1n) is 5.02. The maximum Gasteiger partial charge on any atom is 0.309 e. The molecule has 2 aromatic heterocycles. The van der Waals surface area contributed by atoms with E-state index in [-0.39, 0.29) is 0 Å². The topological polar surface area (TPSA) is 78.9 Å². The molecule has 2 aromatic rings. The summed E-state index contributed by atoms with van der Waals surface area (Å²) in [6.45, 7) is 3.35. The first-order chi connectivity index (χ1) is 7.49. The van der Waals surface area contributed by atoms with E-state index in [9.17, 15) is 4.79 Å². The molecule has 0 aliphatic carbocycles. The predicted octanol–water partition coefficient (Wildman–Crippen LogP) is 1.61. The second kappa shape index (κ2) is 3.59. The van der Waals surface area contributed by atoms with E-state index < -0.39 is 11.4 Å². The number of H-pyrrole nitrogens is 1. The number of nitrogens with zero attached hydrogens (tertiary/aromatic N) is 2. The van der Waals surface area contributed by atoms with Crippen LogP contribution in [0.5, 0.6) is 0 Å². The van der Waals surface area contributed by atoms with Crippen molar-refractivity contribution >= 4 is 17.1 Å². The summed E-state index contributed by atoms with van der Waals surface area (Å²) in [4.78, 5) is 22.4. The zero-order valence-electron chi connectivity index (χ0n) is 9.19. The van der Waals surface area contributed by atoms with Gasteiger partial charge >= 0.3 is 5.97 Å². The average Bonchev–Trinajstić information content (AvgIpc) is 2.58. The largest absolute Gasteiger partial charge is 0.481 e. The molecule has 5 nitrogen and oxygen atoms in total. The van der Waals surface area contributed by atoms with Crippen LogP contribution in [-0.4, -0.2) is 26.0 Å². The van der Waals surface area contributed by atoms with Gasteiger partial charge in [0.1, 0.15) is 5.82 Å². The summed E-state index contributed by atoms with van der Waals surface area (Å²) in [5.41, 5.74) is 0.630. The molecule has 0 unspecified atom stereocenters. The molecule has 0 fully saturated rings. The van der Waals surface area contributed by atoms with E-state index in [0.717, 1.165) is 5.52 Å². The number of fused-ring (bicyclic) bond motifs is 1. The average molecular weight is 219 g/mol. The highest BCUT2D eigenvalue weighted by atomic mass is 16.4. The van der Waals surface area contributed by atoms with Crippen LogP contribution in [0.4, 0.5) is 0 Å². The summed E-state index contributed by atoms with van der Waals surface area (Å²) in [6.07, 6.45) is 2.02. The van der Waals surface area contributed by atoms with Crippen molar-refractivity contribution in [2.24, 2.45) is 5.41 Å². The first kappa shape index (κ1) is 10.6. The molecule has 2 N–H and O–H groups in total. The SMILES string of the molecule is CC(C)(Cc1nc2ncccc2[nH]1)C(=O)O. The number of carboxylic acid groups (broad SMARTS) is 1. The van der Waals surface area contributed by atoms with E-state index >= 15 is 0 Å². The van der Waals surface area contributed by atoms with Crippen LogP contribution in [-0.2, 0) is 11.2 Å². The number of rotatable bonds is 3. The van der Waals surface area contributed by atoms with Gasteiger partial charge in [0.2, 0.25) is 0 Å². The highest BCUT2D eigenvalue weighted by Crippen LogP contribution is 2.21. The molecule has 0 aliphatic rings. The second-order valence-electron chi connectivity index (χ2n) is 4.42. The molecule has 0 atom stereocenters. The molecule has 0 spiro atoms. The van der Waals surface area contributed by atoms with Crippen LogP contribution < -0.4 is 0 Å². The molecule has 0 bridgehead atoms. The van der Waals surface area contributed by atoms with Gasteiger partial charge < -0.3 is 10.1 Å². The van der Waals surface area contributed by atoms with Crippen LogP contribution in [0, 0.1) is 5.41 Å². The summed E-state index contributed by atoms with van der Waals surface area (Å²) < 4.78 is 0. The number of aromatic nitrogens is 3. The van der Waals surface area contributed by atoms with E-state index in [1.165, 1.54) is 0 Å². The zero-order valence-corrected chi connectivity index (χ0v) is 9.19. The maximum atomic E-state index is 11.0. The van der Waals surface area contributed by atoms with Gasteiger partial charge in [-0.05, 0) is 26.0 Å². The summed E-state index contributed by atoms with van der Waals surface area (Å²) in [5.74, 6) is -0.179. The molecule has 2 heterocycles. The molecule has 0 aliphatic heterocycles. The fraction of sp³-hybridized carbons (Fsp3) is 0.364. The summed E-state index contributed by atoms with van der Waals surface area (Å²) in [7, 11) is 0. The number of carbonyl (C=O) groups is 1. The van der Waals surface area contributed by atoms with Crippen molar-refractivity contribution in [3.8, 4) is 0 Å². The highest BCUT2D eigenvalue weighted by Gasteiger charge is 2.28. The minimum Gasteiger partial charge on any atom is -0.481 e. The van der Waals surface area contributed by atoms with Crippen LogP contribution >= 0.6 is 0 Å². The molecule has 16 heavy (non-hydrogen) atoms. The van der Waals surface area contributed by atoms with Gasteiger partial charge in [-0.15, -0.1) is 0 Å². The van der Waals surface area contributed by atoms with Crippen LogP contribution in [0.2, 0.25) is 0 Å². The molecule has 0 aromatic carbocycles. The van der Waals surface area contributed by atoms with Crippen LogP contribution in [0.25, 0.3) is 11.2 Å². The molecule has 0 amide bonds. The minimum absolute atomic E-state index is 0.360. The molecule has 0 saturated heterocycles. The number of pyridine rings is 1. The van der Waals surface area contributed by atoms with Crippen molar-refractivity contribution in [3.05, 3.63) is 24.2 Å². The van der Waals surface area contributed by atoms with Crippen molar-refractivity contribution in [3.63, 3.8) is 0 Å². The first-order valence-corrected chi connectivity index (χ1v) is 5.02. The van der Waals surface area contributed by atoms with Gasteiger partial charge in [0.15, 0.2) is 5.65 Å². The molecule has 0 radical (unpaired) electrons. The van der Waals surface area contributed by atoms with Gasteiger partial charge in [-0.25, -0.2) is 9.97 Å². The summed E-state index contributed by atoms with van der Waals surface area (Å²) in [6, 6.07) is 3.68. The van der Waals surface area contributed by atoms with Gasteiger partial charge in [-0.1, -0.05) is 0 Å². The number of aromatic amines is 1. The Morgan fingerprint density at radius 2 is 2.31 bits per heavy atom. The van der Waals surface area contributed by atoms with Crippen LogP contribution in [0.15, 0.2) is 18.3 Å². The molecule has 2 rings (SSSR count).